The maximum absolute atomic E-state index is 14.8. The van der Waals surface area contributed by atoms with Gasteiger partial charge in [-0.05, 0) is 78.5 Å². The number of ether oxygens (including phenoxy) is 2. The summed E-state index contributed by atoms with van der Waals surface area (Å²) in [6.07, 6.45) is 0.290. The van der Waals surface area contributed by atoms with Crippen molar-refractivity contribution < 1.29 is 33.5 Å². The molecule has 1 N–H and O–H groups in total. The van der Waals surface area contributed by atoms with Gasteiger partial charge in [-0.15, -0.1) is 0 Å². The molecule has 6 atom stereocenters. The molecule has 0 spiro atoms. The van der Waals surface area contributed by atoms with Crippen LogP contribution in [0, 0.1) is 24.7 Å². The first-order valence-corrected chi connectivity index (χ1v) is 14.9. The van der Waals surface area contributed by atoms with E-state index in [-0.39, 0.29) is 29.8 Å². The van der Waals surface area contributed by atoms with E-state index in [9.17, 15) is 19.5 Å². The SMILES string of the molecule is COC12C(=O)C3C(=O)c4c(cc5c(C=O)cccc5c4C)CC3CC1C(N(C)C)c1onc(OCc3ccccc3)c1C2O. The molecule has 1 heterocycles. The number of aryl methyl sites for hydroxylation is 1. The molecule has 3 aliphatic rings. The highest BCUT2D eigenvalue weighted by Gasteiger charge is 2.68. The number of nitrogens with zero attached hydrogens (tertiary/aromatic N) is 2. The molecule has 0 bridgehead atoms. The highest BCUT2D eigenvalue weighted by molar-refractivity contribution is 6.18. The van der Waals surface area contributed by atoms with Crippen molar-refractivity contribution >= 4 is 28.6 Å². The maximum Gasteiger partial charge on any atom is 0.260 e. The average Bonchev–Trinajstić information content (AvgIpc) is 3.44. The molecule has 3 aliphatic carbocycles. The van der Waals surface area contributed by atoms with Crippen LogP contribution in [-0.4, -0.2) is 59.8 Å². The lowest BCUT2D eigenvalue weighted by Crippen LogP contribution is -2.66. The first kappa shape index (κ1) is 28.6. The van der Waals surface area contributed by atoms with Crippen LogP contribution in [0.3, 0.4) is 0 Å². The summed E-state index contributed by atoms with van der Waals surface area (Å²) < 4.78 is 18.0. The van der Waals surface area contributed by atoms with Gasteiger partial charge in [0.1, 0.15) is 12.7 Å². The van der Waals surface area contributed by atoms with Crippen LogP contribution in [0.5, 0.6) is 5.88 Å². The second kappa shape index (κ2) is 10.5. The second-order valence-electron chi connectivity index (χ2n) is 12.5. The Kier molecular flexibility index (Phi) is 6.80. The lowest BCUT2D eigenvalue weighted by molar-refractivity contribution is -0.199. The van der Waals surface area contributed by atoms with Gasteiger partial charge >= 0.3 is 0 Å². The van der Waals surface area contributed by atoms with Crippen LogP contribution in [0.25, 0.3) is 10.8 Å². The summed E-state index contributed by atoms with van der Waals surface area (Å²) in [5, 5.41) is 17.9. The molecular weight excluding hydrogens is 560 g/mol. The molecule has 7 rings (SSSR count). The largest absolute Gasteiger partial charge is 0.470 e. The third-order valence-corrected chi connectivity index (χ3v) is 10.1. The molecule has 1 aromatic heterocycles. The molecule has 0 radical (unpaired) electrons. The molecule has 0 amide bonds. The second-order valence-corrected chi connectivity index (χ2v) is 12.5. The first-order valence-electron chi connectivity index (χ1n) is 14.9. The number of aromatic nitrogens is 1. The van der Waals surface area contributed by atoms with Crippen molar-refractivity contribution in [3.8, 4) is 5.88 Å². The first-order chi connectivity index (χ1) is 21.2. The molecular formula is C35H34N2O7. The third-order valence-electron chi connectivity index (χ3n) is 10.1. The number of fused-ring (bicyclic) bond motifs is 5. The molecule has 9 heteroatoms. The molecule has 226 valence electrons. The lowest BCUT2D eigenvalue weighted by Gasteiger charge is -2.55. The van der Waals surface area contributed by atoms with Crippen LogP contribution in [0.15, 0.2) is 59.1 Å². The number of methoxy groups -OCH3 is 1. The Morgan fingerprint density at radius 1 is 1.11 bits per heavy atom. The zero-order valence-electron chi connectivity index (χ0n) is 25.1. The summed E-state index contributed by atoms with van der Waals surface area (Å²) in [5.74, 6) is -2.01. The number of carbonyl (C=O) groups excluding carboxylic acids is 3. The van der Waals surface area contributed by atoms with Crippen LogP contribution in [-0.2, 0) is 22.6 Å². The van der Waals surface area contributed by atoms with Crippen molar-refractivity contribution in [2.45, 2.75) is 44.1 Å². The van der Waals surface area contributed by atoms with Gasteiger partial charge < -0.3 is 19.1 Å². The number of ketones is 2. The highest BCUT2D eigenvalue weighted by Crippen LogP contribution is 2.60. The molecule has 1 fully saturated rings. The van der Waals surface area contributed by atoms with Crippen LogP contribution in [0.4, 0.5) is 0 Å². The van der Waals surface area contributed by atoms with E-state index in [4.69, 9.17) is 14.0 Å². The van der Waals surface area contributed by atoms with E-state index in [0.717, 1.165) is 33.7 Å². The number of hydrogen-bond donors (Lipinski definition) is 1. The summed E-state index contributed by atoms with van der Waals surface area (Å²) in [6, 6.07) is 16.5. The van der Waals surface area contributed by atoms with Gasteiger partial charge in [-0.1, -0.05) is 48.5 Å². The summed E-state index contributed by atoms with van der Waals surface area (Å²) in [4.78, 5) is 42.9. The van der Waals surface area contributed by atoms with Crippen LogP contribution in [0.1, 0.15) is 67.3 Å². The number of benzene rings is 3. The molecule has 1 saturated carbocycles. The van der Waals surface area contributed by atoms with Crippen molar-refractivity contribution in [1.82, 2.24) is 10.1 Å². The van der Waals surface area contributed by atoms with Gasteiger partial charge in [-0.25, -0.2) is 0 Å². The lowest BCUT2D eigenvalue weighted by atomic mass is 9.53. The monoisotopic (exact) mass is 594 g/mol. The van der Waals surface area contributed by atoms with E-state index >= 15 is 0 Å². The zero-order chi connectivity index (χ0) is 30.9. The molecule has 0 aliphatic heterocycles. The van der Waals surface area contributed by atoms with Gasteiger partial charge in [0, 0.05) is 24.2 Å². The minimum absolute atomic E-state index is 0.0987. The van der Waals surface area contributed by atoms with Gasteiger partial charge in [-0.2, -0.15) is 0 Å². The number of carbonyl (C=O) groups is 3. The fraction of sp³-hybridized carbons (Fsp3) is 0.371. The Morgan fingerprint density at radius 2 is 1.89 bits per heavy atom. The Balaban J connectivity index is 1.33. The fourth-order valence-corrected chi connectivity index (χ4v) is 8.19. The maximum atomic E-state index is 14.8. The number of aldehydes is 1. The van der Waals surface area contributed by atoms with Crippen molar-refractivity contribution in [2.24, 2.45) is 17.8 Å². The Bertz CT molecular complexity index is 1810. The van der Waals surface area contributed by atoms with Gasteiger partial charge in [0.2, 0.25) is 0 Å². The molecule has 4 aromatic rings. The average molecular weight is 595 g/mol. The summed E-state index contributed by atoms with van der Waals surface area (Å²) in [5.41, 5.74) is 2.13. The number of Topliss-reactive ketones (excluding diaryl/α,β-unsaturated/α-hetero) is 2. The predicted octanol–water partition coefficient (Wildman–Crippen LogP) is 4.82. The van der Waals surface area contributed by atoms with E-state index in [1.807, 2.05) is 68.4 Å². The topological polar surface area (TPSA) is 119 Å². The summed E-state index contributed by atoms with van der Waals surface area (Å²) in [7, 11) is 5.19. The van der Waals surface area contributed by atoms with Gasteiger partial charge in [0.05, 0.1) is 17.5 Å². The highest BCUT2D eigenvalue weighted by atomic mass is 16.5. The molecule has 3 aromatic carbocycles. The van der Waals surface area contributed by atoms with Crippen molar-refractivity contribution in [3.05, 3.63) is 93.7 Å². The number of hydrogen-bond acceptors (Lipinski definition) is 9. The van der Waals surface area contributed by atoms with Gasteiger partial charge in [0.15, 0.2) is 29.2 Å². The fourth-order valence-electron chi connectivity index (χ4n) is 8.19. The molecule has 0 saturated heterocycles. The molecule has 6 unspecified atom stereocenters. The quantitative estimate of drug-likeness (QED) is 0.247. The Hall–Kier alpha value is -4.18. The summed E-state index contributed by atoms with van der Waals surface area (Å²) >= 11 is 0. The number of rotatable bonds is 6. The Labute approximate surface area is 254 Å². The van der Waals surface area contributed by atoms with Gasteiger partial charge in [-0.3, -0.25) is 19.3 Å². The minimum atomic E-state index is -1.72. The Morgan fingerprint density at radius 3 is 2.59 bits per heavy atom. The van der Waals surface area contributed by atoms with E-state index in [2.05, 4.69) is 5.16 Å². The van der Waals surface area contributed by atoms with E-state index in [0.29, 0.717) is 29.7 Å². The predicted molar refractivity (Wildman–Crippen MR) is 161 cm³/mol. The van der Waals surface area contributed by atoms with Crippen LogP contribution in [0.2, 0.25) is 0 Å². The van der Waals surface area contributed by atoms with E-state index < -0.39 is 35.4 Å². The molecule has 9 nitrogen and oxygen atoms in total. The van der Waals surface area contributed by atoms with Crippen molar-refractivity contribution in [1.29, 1.82) is 0 Å². The summed E-state index contributed by atoms with van der Waals surface area (Å²) in [6.45, 7) is 2.06. The van der Waals surface area contributed by atoms with E-state index in [1.54, 1.807) is 12.1 Å². The third kappa shape index (κ3) is 3.89. The minimum Gasteiger partial charge on any atom is -0.470 e. The normalized spacial score (nSPS) is 27.5. The van der Waals surface area contributed by atoms with Crippen molar-refractivity contribution in [3.63, 3.8) is 0 Å². The zero-order valence-corrected chi connectivity index (χ0v) is 25.1. The van der Waals surface area contributed by atoms with E-state index in [1.165, 1.54) is 7.11 Å². The smallest absolute Gasteiger partial charge is 0.260 e. The number of aliphatic hydroxyl groups is 1. The standard InChI is InChI=1S/C35H34N2O7/c1-18-23-12-8-11-20(16-38)24(23)14-21-13-22-15-25-29(37(2)3)31-28(34(36-44-31)43-17-19-9-6-5-7-10-19)33(41)35(25,42-4)32(40)27(22)30(39)26(18)21/h5-12,14,16,22,25,27,29,33,41H,13,15,17H2,1-4H3. The van der Waals surface area contributed by atoms with Crippen LogP contribution >= 0.6 is 0 Å². The molecule has 44 heavy (non-hydrogen) atoms. The van der Waals surface area contributed by atoms with Crippen molar-refractivity contribution in [2.75, 3.05) is 21.2 Å². The van der Waals surface area contributed by atoms with Gasteiger partial charge in [0.25, 0.3) is 5.88 Å². The van der Waals surface area contributed by atoms with Crippen LogP contribution < -0.4 is 4.74 Å². The number of aliphatic hydroxyl groups excluding tert-OH is 1.